The molecule has 0 heterocycles. The number of rotatable bonds is 4. The SMILES string of the molecule is NC(=O)C(N)CNc1ccc(Cl)cc1Cl. The van der Waals surface area contributed by atoms with Crippen molar-refractivity contribution in [2.24, 2.45) is 11.5 Å². The molecule has 0 bridgehead atoms. The Morgan fingerprint density at radius 1 is 1.47 bits per heavy atom. The van der Waals surface area contributed by atoms with Gasteiger partial charge in [0.1, 0.15) is 6.04 Å². The van der Waals surface area contributed by atoms with Crippen molar-refractivity contribution in [1.82, 2.24) is 0 Å². The van der Waals surface area contributed by atoms with E-state index in [9.17, 15) is 4.79 Å². The molecule has 0 saturated carbocycles. The molecule has 6 heteroatoms. The number of anilines is 1. The number of hydrogen-bond acceptors (Lipinski definition) is 3. The molecule has 0 saturated heterocycles. The lowest BCUT2D eigenvalue weighted by Gasteiger charge is -2.11. The highest BCUT2D eigenvalue weighted by molar-refractivity contribution is 6.36. The summed E-state index contributed by atoms with van der Waals surface area (Å²) >= 11 is 11.6. The highest BCUT2D eigenvalue weighted by atomic mass is 35.5. The van der Waals surface area contributed by atoms with Gasteiger partial charge in [-0.1, -0.05) is 23.2 Å². The molecule has 0 aliphatic carbocycles. The first-order valence-electron chi connectivity index (χ1n) is 4.24. The van der Waals surface area contributed by atoms with E-state index in [4.69, 9.17) is 34.7 Å². The standard InChI is InChI=1S/C9H11Cl2N3O/c10-5-1-2-8(6(11)3-5)14-4-7(12)9(13)15/h1-3,7,14H,4,12H2,(H2,13,15). The van der Waals surface area contributed by atoms with Gasteiger partial charge in [-0.2, -0.15) is 0 Å². The third-order valence-electron chi connectivity index (χ3n) is 1.81. The Hall–Kier alpha value is -0.970. The molecule has 1 atom stereocenters. The van der Waals surface area contributed by atoms with Gasteiger partial charge < -0.3 is 16.8 Å². The van der Waals surface area contributed by atoms with Gasteiger partial charge in [-0.25, -0.2) is 0 Å². The van der Waals surface area contributed by atoms with Crippen LogP contribution in [0.5, 0.6) is 0 Å². The highest BCUT2D eigenvalue weighted by Crippen LogP contribution is 2.24. The lowest BCUT2D eigenvalue weighted by molar-refractivity contribution is -0.118. The zero-order valence-corrected chi connectivity index (χ0v) is 9.35. The molecule has 15 heavy (non-hydrogen) atoms. The number of benzene rings is 1. The monoisotopic (exact) mass is 247 g/mol. The summed E-state index contributed by atoms with van der Waals surface area (Å²) in [5.74, 6) is -0.562. The van der Waals surface area contributed by atoms with E-state index >= 15 is 0 Å². The number of nitrogens with one attached hydrogen (secondary N) is 1. The summed E-state index contributed by atoms with van der Waals surface area (Å²) in [5, 5.41) is 3.92. The van der Waals surface area contributed by atoms with E-state index in [0.29, 0.717) is 15.7 Å². The van der Waals surface area contributed by atoms with Crippen LogP contribution in [0.25, 0.3) is 0 Å². The fraction of sp³-hybridized carbons (Fsp3) is 0.222. The van der Waals surface area contributed by atoms with Crippen LogP contribution in [-0.4, -0.2) is 18.5 Å². The molecule has 0 spiro atoms. The summed E-state index contributed by atoms with van der Waals surface area (Å²) < 4.78 is 0. The Morgan fingerprint density at radius 3 is 2.67 bits per heavy atom. The Labute approximate surface area is 97.5 Å². The van der Waals surface area contributed by atoms with E-state index in [0.717, 1.165) is 0 Å². The summed E-state index contributed by atoms with van der Waals surface area (Å²) in [5.41, 5.74) is 11.1. The van der Waals surface area contributed by atoms with Gasteiger partial charge in [-0.15, -0.1) is 0 Å². The smallest absolute Gasteiger partial charge is 0.236 e. The number of amides is 1. The van der Waals surface area contributed by atoms with Crippen LogP contribution >= 0.6 is 23.2 Å². The number of halogens is 2. The normalized spacial score (nSPS) is 12.2. The second-order valence-electron chi connectivity index (χ2n) is 3.01. The third kappa shape index (κ3) is 3.58. The maximum Gasteiger partial charge on any atom is 0.236 e. The average molecular weight is 248 g/mol. The number of nitrogens with two attached hydrogens (primary N) is 2. The highest BCUT2D eigenvalue weighted by Gasteiger charge is 2.09. The fourth-order valence-electron chi connectivity index (χ4n) is 0.953. The van der Waals surface area contributed by atoms with Crippen molar-refractivity contribution in [3.05, 3.63) is 28.2 Å². The van der Waals surface area contributed by atoms with Gasteiger partial charge in [0, 0.05) is 11.6 Å². The molecule has 1 aromatic rings. The summed E-state index contributed by atoms with van der Waals surface area (Å²) in [4.78, 5) is 10.7. The summed E-state index contributed by atoms with van der Waals surface area (Å²) in [7, 11) is 0. The lowest BCUT2D eigenvalue weighted by atomic mass is 10.2. The maximum absolute atomic E-state index is 10.7. The molecule has 4 nitrogen and oxygen atoms in total. The topological polar surface area (TPSA) is 81.1 Å². The Kier molecular flexibility index (Phi) is 4.20. The number of hydrogen-bond donors (Lipinski definition) is 3. The summed E-state index contributed by atoms with van der Waals surface area (Å²) in [6.07, 6.45) is 0. The van der Waals surface area contributed by atoms with Crippen LogP contribution < -0.4 is 16.8 Å². The Morgan fingerprint density at radius 2 is 2.13 bits per heavy atom. The molecule has 82 valence electrons. The van der Waals surface area contributed by atoms with Crippen LogP contribution in [0.1, 0.15) is 0 Å². The predicted octanol–water partition coefficient (Wildman–Crippen LogP) is 1.22. The minimum atomic E-state index is -0.739. The largest absolute Gasteiger partial charge is 0.382 e. The molecular weight excluding hydrogens is 237 g/mol. The molecule has 0 aromatic heterocycles. The first-order valence-corrected chi connectivity index (χ1v) is 5.00. The minimum absolute atomic E-state index is 0.233. The van der Waals surface area contributed by atoms with E-state index in [1.54, 1.807) is 18.2 Å². The Bertz CT molecular complexity index is 370. The van der Waals surface area contributed by atoms with E-state index in [-0.39, 0.29) is 6.54 Å². The molecule has 1 amide bonds. The zero-order chi connectivity index (χ0) is 11.4. The fourth-order valence-corrected chi connectivity index (χ4v) is 1.43. The molecule has 0 fully saturated rings. The van der Waals surface area contributed by atoms with Gasteiger partial charge in [0.05, 0.1) is 10.7 Å². The quantitative estimate of drug-likeness (QED) is 0.749. The van der Waals surface area contributed by atoms with Crippen molar-refractivity contribution >= 4 is 34.8 Å². The number of primary amides is 1. The van der Waals surface area contributed by atoms with Gasteiger partial charge >= 0.3 is 0 Å². The zero-order valence-electron chi connectivity index (χ0n) is 7.84. The molecule has 1 rings (SSSR count). The van der Waals surface area contributed by atoms with E-state index < -0.39 is 11.9 Å². The van der Waals surface area contributed by atoms with E-state index in [1.165, 1.54) is 0 Å². The minimum Gasteiger partial charge on any atom is -0.382 e. The molecule has 0 radical (unpaired) electrons. The van der Waals surface area contributed by atoms with Gasteiger partial charge in [-0.05, 0) is 18.2 Å². The summed E-state index contributed by atoms with van der Waals surface area (Å²) in [6.45, 7) is 0.233. The third-order valence-corrected chi connectivity index (χ3v) is 2.36. The first kappa shape index (κ1) is 12.1. The number of carbonyl (C=O) groups is 1. The van der Waals surface area contributed by atoms with Crippen molar-refractivity contribution in [2.75, 3.05) is 11.9 Å². The predicted molar refractivity (Wildman–Crippen MR) is 62.1 cm³/mol. The van der Waals surface area contributed by atoms with Crippen molar-refractivity contribution < 1.29 is 4.79 Å². The van der Waals surface area contributed by atoms with Gasteiger partial charge in [0.25, 0.3) is 0 Å². The molecule has 0 aliphatic heterocycles. The molecule has 5 N–H and O–H groups in total. The van der Waals surface area contributed by atoms with E-state index in [2.05, 4.69) is 5.32 Å². The number of carbonyl (C=O) groups excluding carboxylic acids is 1. The van der Waals surface area contributed by atoms with Crippen molar-refractivity contribution in [1.29, 1.82) is 0 Å². The van der Waals surface area contributed by atoms with Crippen LogP contribution in [0.15, 0.2) is 18.2 Å². The summed E-state index contributed by atoms with van der Waals surface area (Å²) in [6, 6.07) is 4.25. The second-order valence-corrected chi connectivity index (χ2v) is 3.86. The van der Waals surface area contributed by atoms with Crippen LogP contribution in [0.4, 0.5) is 5.69 Å². The van der Waals surface area contributed by atoms with Crippen LogP contribution in [0, 0.1) is 0 Å². The van der Waals surface area contributed by atoms with Gasteiger partial charge in [0.15, 0.2) is 0 Å². The second kappa shape index (κ2) is 5.21. The lowest BCUT2D eigenvalue weighted by Crippen LogP contribution is -2.41. The van der Waals surface area contributed by atoms with Gasteiger partial charge in [-0.3, -0.25) is 4.79 Å². The first-order chi connectivity index (χ1) is 7.00. The van der Waals surface area contributed by atoms with Crippen molar-refractivity contribution in [3.63, 3.8) is 0 Å². The van der Waals surface area contributed by atoms with Crippen molar-refractivity contribution in [2.45, 2.75) is 6.04 Å². The maximum atomic E-state index is 10.7. The van der Waals surface area contributed by atoms with E-state index in [1.807, 2.05) is 0 Å². The van der Waals surface area contributed by atoms with Crippen molar-refractivity contribution in [3.8, 4) is 0 Å². The molecule has 1 unspecified atom stereocenters. The van der Waals surface area contributed by atoms with Crippen LogP contribution in [0.3, 0.4) is 0 Å². The molecule has 1 aromatic carbocycles. The van der Waals surface area contributed by atoms with Crippen LogP contribution in [-0.2, 0) is 4.79 Å². The average Bonchev–Trinajstić information content (AvgIpc) is 2.15. The molecule has 0 aliphatic rings. The Balaban J connectivity index is 2.62. The molecular formula is C9H11Cl2N3O. The van der Waals surface area contributed by atoms with Crippen LogP contribution in [0.2, 0.25) is 10.0 Å². The van der Waals surface area contributed by atoms with Gasteiger partial charge in [0.2, 0.25) is 5.91 Å².